The highest BCUT2D eigenvalue weighted by molar-refractivity contribution is 5.79. The molecule has 0 aromatic carbocycles. The molecule has 0 bridgehead atoms. The van der Waals surface area contributed by atoms with Crippen molar-refractivity contribution in [1.82, 2.24) is 0 Å². The average molecular weight is 2180 g/mol. The van der Waals surface area contributed by atoms with E-state index in [-0.39, 0.29) is 11.2 Å². The van der Waals surface area contributed by atoms with Gasteiger partial charge in [-0.1, -0.05) is 0 Å². The molecule has 0 atom stereocenters. The summed E-state index contributed by atoms with van der Waals surface area (Å²) >= 11 is 0. The van der Waals surface area contributed by atoms with Crippen LogP contribution in [0.1, 0.15) is 64.2 Å². The minimum atomic E-state index is -0.968. The molecule has 0 aromatic heterocycles. The van der Waals surface area contributed by atoms with Crippen molar-refractivity contribution in [3.63, 3.8) is 0 Å². The van der Waals surface area contributed by atoms with Crippen LogP contribution in [-0.4, -0.2) is 85.2 Å². The first-order valence-electron chi connectivity index (χ1n) is 18.1. The number of halogens is 89. The number of carboxylic acids is 3. The Bertz CT molecular complexity index is 637. The number of carbonyl (C=O) groups excluding carboxylic acids is 1. The summed E-state index contributed by atoms with van der Waals surface area (Å²) in [5, 5.41) is 24.4. The van der Waals surface area contributed by atoms with Crippen molar-refractivity contribution in [3.8, 4) is 0 Å². The summed E-state index contributed by atoms with van der Waals surface area (Å²) in [6.45, 7) is 4.24. The van der Waals surface area contributed by atoms with E-state index in [1.54, 1.807) is 0 Å². The van der Waals surface area contributed by atoms with Gasteiger partial charge in [-0.25, -0.2) is 0 Å². The van der Waals surface area contributed by atoms with Gasteiger partial charge in [0.05, 0.1) is 19.8 Å². The zero-order valence-corrected chi connectivity index (χ0v) is 53.6. The molecule has 3 heterocycles. The lowest BCUT2D eigenvalue weighted by Gasteiger charge is -2.20. The Kier molecular flexibility index (Phi) is 4180. The topological polar surface area (TPSA) is 183 Å². The molecule has 0 unspecified atom stereocenters. The summed E-state index contributed by atoms with van der Waals surface area (Å²) in [6, 6.07) is 0. The van der Waals surface area contributed by atoms with E-state index in [9.17, 15) is 19.2 Å². The molecule has 5 N–H and O–H groups in total. The van der Waals surface area contributed by atoms with Crippen LogP contribution in [0.25, 0.3) is 0 Å². The summed E-state index contributed by atoms with van der Waals surface area (Å²) in [4.78, 5) is 40.0. The van der Waals surface area contributed by atoms with E-state index >= 15 is 0 Å². The summed E-state index contributed by atoms with van der Waals surface area (Å²) < 4.78 is 719. The van der Waals surface area contributed by atoms with Crippen molar-refractivity contribution in [1.29, 1.82) is 0 Å². The van der Waals surface area contributed by atoms with Crippen molar-refractivity contribution in [3.05, 3.63) is 0 Å². The molecule has 0 aromatic rings. The number of Topliss-reactive ketones (excluding diaryl/α,β-unsaturated/α-hetero) is 1. The smallest absolute Gasteiger partial charge is 0.317 e. The fraction of sp³-hybridized carbons (Fsp3) is 0.826. The van der Waals surface area contributed by atoms with Gasteiger partial charge in [0.25, 0.3) is 0 Å². The minimum absolute atomic E-state index is 0. The quantitative estimate of drug-likeness (QED) is 0.178. The molecular formula is C23H42F89NO10. The number of ketones is 1. The lowest BCUT2D eigenvalue weighted by molar-refractivity contribution is -0.138. The number of carbonyl (C=O) groups is 4. The number of carboxylic acid groups (broad SMARTS) is 3. The Morgan fingerprint density at radius 3 is 0.366 bits per heavy atom. The van der Waals surface area contributed by atoms with E-state index in [1.807, 2.05) is 0 Å². The Labute approximate surface area is 610 Å². The minimum Gasteiger partial charge on any atom is -0.481 e. The molecule has 0 saturated carbocycles. The highest BCUT2D eigenvalue weighted by Gasteiger charge is 2.15. The fourth-order valence-corrected chi connectivity index (χ4v) is 3.32. The second-order valence-corrected chi connectivity index (χ2v) is 8.23. The standard InChI is InChI=1S/2C8H14O3.C5H8O2.C2H5NO2.44F2.FH/c2*9-8(10)2-1-7-3-5-11-6-4-7;6-5-1-3-7-4-2-5;3-1-2(4)5;44*1-2;/h2*7H,1-6H2,(H,9,10);1-4H2;1,3H2,(H,4,5);;;;;;;;;;;;;;;;;;;;;;;;;;;;;;;;;;;;;;;;;;;;;1H. The monoisotopic (exact) mass is 2180 g/mol. The van der Waals surface area contributed by atoms with Crippen LogP contribution in [0.15, 0.2) is 0 Å². The predicted molar refractivity (Wildman–Crippen MR) is 223 cm³/mol. The molecule has 123 heavy (non-hydrogen) atoms. The zero-order valence-electron chi connectivity index (χ0n) is 53.6. The number of ether oxygens (including phenoxy) is 3. The van der Waals surface area contributed by atoms with Gasteiger partial charge in [-0.15, -0.1) is 0 Å². The predicted octanol–water partition coefficient (Wildman–Crippen LogP) is 39.1. The molecule has 3 fully saturated rings. The third kappa shape index (κ3) is 1850. The van der Waals surface area contributed by atoms with Crippen LogP contribution in [0, 0.1) is 11.8 Å². The zero-order chi connectivity index (χ0) is 114. The van der Waals surface area contributed by atoms with Gasteiger partial charge >= 0.3 is 17.9 Å². The molecule has 0 aliphatic carbocycles. The summed E-state index contributed by atoms with van der Waals surface area (Å²) in [5.41, 5.74) is 4.57. The van der Waals surface area contributed by atoms with Gasteiger partial charge < -0.3 is 35.3 Å². The van der Waals surface area contributed by atoms with Crippen LogP contribution >= 0.6 is 0 Å². The third-order valence-corrected chi connectivity index (χ3v) is 5.44. The SMILES string of the molecule is F.FF.FF.FF.FF.FF.FF.FF.FF.FF.FF.FF.FF.FF.FF.FF.FF.FF.FF.FF.FF.FF.FF.FF.FF.FF.FF.FF.FF.FF.FF.FF.FF.FF.FF.FF.FF.FF.FF.FF.FF.FF.FF.FF.FF.NCC(=O)O.O=C(O)CCC1CCOCC1.O=C(O)CCC1CCOCC1.O=C1CCOCC1. The van der Waals surface area contributed by atoms with Crippen LogP contribution in [0.3, 0.4) is 0 Å². The molecule has 3 saturated heterocycles. The molecule has 3 aliphatic rings. The maximum absolute atomic E-state index is 10.4. The van der Waals surface area contributed by atoms with Crippen LogP contribution in [-0.2, 0) is 33.4 Å². The maximum atomic E-state index is 10.4. The lowest BCUT2D eigenvalue weighted by Crippen LogP contribution is -2.16. The normalized spacial score (nSPS) is 7.31. The molecule has 3 aliphatic heterocycles. The Morgan fingerprint density at radius 2 is 0.301 bits per heavy atom. The number of hydrogen-bond donors (Lipinski definition) is 4. The lowest BCUT2D eigenvalue weighted by atomic mass is 9.95. The highest BCUT2D eigenvalue weighted by atomic mass is 20.1. The Morgan fingerprint density at radius 1 is 0.211 bits per heavy atom. The van der Waals surface area contributed by atoms with Crippen LogP contribution in [0.2, 0.25) is 0 Å². The van der Waals surface area contributed by atoms with Gasteiger partial charge in [0.1, 0.15) is 5.78 Å². The van der Waals surface area contributed by atoms with Gasteiger partial charge in [0.15, 0.2) is 0 Å². The van der Waals surface area contributed by atoms with Crippen molar-refractivity contribution in [2.24, 2.45) is 17.6 Å². The number of aliphatic carboxylic acids is 3. The molecule has 822 valence electrons. The summed E-state index contributed by atoms with van der Waals surface area (Å²) in [6.07, 6.45) is 7.65. The van der Waals surface area contributed by atoms with Crippen molar-refractivity contribution in [2.45, 2.75) is 64.2 Å². The number of nitrogens with two attached hydrogens (primary N) is 1. The van der Waals surface area contributed by atoms with Gasteiger partial charge in [-0.3, -0.25) is 23.9 Å². The molecular weight excluding hydrogens is 2140 g/mol. The maximum Gasteiger partial charge on any atom is 0.317 e. The molecule has 3 rings (SSSR count). The van der Waals surface area contributed by atoms with Crippen LogP contribution < -0.4 is 5.73 Å². The van der Waals surface area contributed by atoms with Gasteiger partial charge in [0, 0.05) is 455 Å². The van der Waals surface area contributed by atoms with E-state index in [2.05, 4.69) is 5.73 Å². The largest absolute Gasteiger partial charge is 0.481 e. The average Bonchev–Trinajstić information content (AvgIpc) is 0.972. The fourth-order valence-electron chi connectivity index (χ4n) is 3.32. The van der Waals surface area contributed by atoms with Crippen LogP contribution in [0.4, 0.5) is 407 Å². The second kappa shape index (κ2) is 1640. The Balaban J connectivity index is -0.0000000115. The molecule has 0 radical (unpaired) electrons. The first kappa shape index (κ1) is 314. The van der Waals surface area contributed by atoms with Crippen molar-refractivity contribution in [2.75, 3.05) is 46.2 Å². The van der Waals surface area contributed by atoms with Crippen molar-refractivity contribution >= 4 is 23.7 Å². The van der Waals surface area contributed by atoms with Gasteiger partial charge in [0.2, 0.25) is 0 Å². The first-order valence-corrected chi connectivity index (χ1v) is 18.1. The molecule has 11 nitrogen and oxygen atoms in total. The van der Waals surface area contributed by atoms with Gasteiger partial charge in [-0.2, -0.15) is 0 Å². The first-order chi connectivity index (χ1) is 60.2. The van der Waals surface area contributed by atoms with E-state index < -0.39 is 17.9 Å². The van der Waals surface area contributed by atoms with E-state index in [4.69, 9.17) is 432 Å². The molecule has 0 amide bonds. The summed E-state index contributed by atoms with van der Waals surface area (Å²) in [5.74, 6) is -0.830. The number of hydrogen-bond acceptors (Lipinski definition) is 8. The second-order valence-electron chi connectivity index (χ2n) is 8.23. The van der Waals surface area contributed by atoms with Gasteiger partial charge in [-0.05, 0) is 50.4 Å². The van der Waals surface area contributed by atoms with E-state index in [0.717, 1.165) is 65.0 Å². The highest BCUT2D eigenvalue weighted by Crippen LogP contribution is 2.20. The number of rotatable bonds is 7. The van der Waals surface area contributed by atoms with E-state index in [0.29, 0.717) is 56.5 Å². The Hall–Kier alpha value is -8.31. The summed E-state index contributed by atoms with van der Waals surface area (Å²) in [7, 11) is 0. The van der Waals surface area contributed by atoms with Crippen molar-refractivity contribution < 1.29 is 456 Å². The molecule has 0 spiro atoms. The van der Waals surface area contributed by atoms with E-state index in [1.165, 1.54) is 0 Å². The van der Waals surface area contributed by atoms with Crippen LogP contribution in [0.5, 0.6) is 0 Å². The third-order valence-electron chi connectivity index (χ3n) is 5.44. The molecule has 100 heteroatoms.